The monoisotopic (exact) mass is 332 g/mol. The van der Waals surface area contributed by atoms with Gasteiger partial charge >= 0.3 is 0 Å². The fourth-order valence-corrected chi connectivity index (χ4v) is 3.15. The highest BCUT2D eigenvalue weighted by atomic mass is 32.2. The SMILES string of the molecule is CCn1c(-c2cnn(CCS(C)(=O)=O)c2)nc2ccc(C)cc21. The number of hydrogen-bond acceptors (Lipinski definition) is 4. The van der Waals surface area contributed by atoms with Gasteiger partial charge in [-0.2, -0.15) is 5.10 Å². The summed E-state index contributed by atoms with van der Waals surface area (Å²) in [5.41, 5.74) is 4.15. The van der Waals surface area contributed by atoms with Crippen LogP contribution in [0.2, 0.25) is 0 Å². The van der Waals surface area contributed by atoms with Crippen molar-refractivity contribution in [1.82, 2.24) is 19.3 Å². The summed E-state index contributed by atoms with van der Waals surface area (Å²) in [5, 5.41) is 4.26. The molecule has 2 aromatic heterocycles. The third-order valence-electron chi connectivity index (χ3n) is 3.80. The fourth-order valence-electron chi connectivity index (χ4n) is 2.63. The number of imidazole rings is 1. The van der Waals surface area contributed by atoms with E-state index < -0.39 is 9.84 Å². The van der Waals surface area contributed by atoms with E-state index in [4.69, 9.17) is 4.98 Å². The lowest BCUT2D eigenvalue weighted by atomic mass is 10.2. The zero-order valence-corrected chi connectivity index (χ0v) is 14.3. The normalized spacial score (nSPS) is 12.1. The highest BCUT2D eigenvalue weighted by Crippen LogP contribution is 2.25. The molecule has 3 rings (SSSR count). The highest BCUT2D eigenvalue weighted by Gasteiger charge is 2.13. The van der Waals surface area contributed by atoms with Gasteiger partial charge in [0.1, 0.15) is 15.7 Å². The first kappa shape index (κ1) is 15.7. The van der Waals surface area contributed by atoms with E-state index in [1.165, 1.54) is 11.8 Å². The first-order chi connectivity index (χ1) is 10.9. The summed E-state index contributed by atoms with van der Waals surface area (Å²) in [6.45, 7) is 5.31. The molecule has 1 aromatic carbocycles. The average Bonchev–Trinajstić information content (AvgIpc) is 3.07. The van der Waals surface area contributed by atoms with E-state index in [-0.39, 0.29) is 5.75 Å². The lowest BCUT2D eigenvalue weighted by Crippen LogP contribution is -2.11. The minimum atomic E-state index is -3.00. The Morgan fingerprint density at radius 3 is 2.74 bits per heavy atom. The molecule has 0 saturated carbocycles. The van der Waals surface area contributed by atoms with Crippen molar-refractivity contribution in [1.29, 1.82) is 0 Å². The molecule has 0 spiro atoms. The van der Waals surface area contributed by atoms with Crippen LogP contribution in [-0.4, -0.2) is 39.8 Å². The quantitative estimate of drug-likeness (QED) is 0.719. The molecular weight excluding hydrogens is 312 g/mol. The van der Waals surface area contributed by atoms with Gasteiger partial charge in [-0.15, -0.1) is 0 Å². The van der Waals surface area contributed by atoms with Crippen LogP contribution in [0, 0.1) is 6.92 Å². The maximum atomic E-state index is 11.3. The molecule has 0 atom stereocenters. The summed E-state index contributed by atoms with van der Waals surface area (Å²) in [6.07, 6.45) is 4.82. The molecule has 0 aliphatic rings. The summed E-state index contributed by atoms with van der Waals surface area (Å²) in [4.78, 5) is 4.71. The molecule has 0 amide bonds. The van der Waals surface area contributed by atoms with E-state index in [1.54, 1.807) is 10.9 Å². The third-order valence-corrected chi connectivity index (χ3v) is 4.73. The predicted octanol–water partition coefficient (Wildman–Crippen LogP) is 2.27. The average molecular weight is 332 g/mol. The van der Waals surface area contributed by atoms with Crippen molar-refractivity contribution in [2.45, 2.75) is 26.9 Å². The van der Waals surface area contributed by atoms with Gasteiger partial charge in [0, 0.05) is 19.0 Å². The van der Waals surface area contributed by atoms with Crippen LogP contribution < -0.4 is 0 Å². The maximum absolute atomic E-state index is 11.3. The van der Waals surface area contributed by atoms with Gasteiger partial charge in [0.2, 0.25) is 0 Å². The first-order valence-corrected chi connectivity index (χ1v) is 9.61. The summed E-state index contributed by atoms with van der Waals surface area (Å²) >= 11 is 0. The van der Waals surface area contributed by atoms with Gasteiger partial charge in [-0.25, -0.2) is 13.4 Å². The number of fused-ring (bicyclic) bond motifs is 1. The number of aromatic nitrogens is 4. The molecule has 7 heteroatoms. The molecule has 0 radical (unpaired) electrons. The number of benzene rings is 1. The molecule has 0 unspecified atom stereocenters. The number of sulfone groups is 1. The van der Waals surface area contributed by atoms with Crippen LogP contribution >= 0.6 is 0 Å². The molecule has 0 bridgehead atoms. The lowest BCUT2D eigenvalue weighted by Gasteiger charge is -2.04. The van der Waals surface area contributed by atoms with Crippen molar-refractivity contribution in [3.8, 4) is 11.4 Å². The molecule has 0 saturated heterocycles. The van der Waals surface area contributed by atoms with E-state index >= 15 is 0 Å². The summed E-state index contributed by atoms with van der Waals surface area (Å²) < 4.78 is 26.4. The third kappa shape index (κ3) is 3.29. The van der Waals surface area contributed by atoms with Crippen molar-refractivity contribution in [3.63, 3.8) is 0 Å². The van der Waals surface area contributed by atoms with Crippen LogP contribution in [0.25, 0.3) is 22.4 Å². The summed E-state index contributed by atoms with van der Waals surface area (Å²) in [7, 11) is -3.00. The van der Waals surface area contributed by atoms with Crippen molar-refractivity contribution >= 4 is 20.9 Å². The van der Waals surface area contributed by atoms with E-state index in [0.29, 0.717) is 6.54 Å². The number of hydrogen-bond donors (Lipinski definition) is 0. The van der Waals surface area contributed by atoms with Gasteiger partial charge in [0.15, 0.2) is 0 Å². The Kier molecular flexibility index (Phi) is 3.97. The Hall–Kier alpha value is -2.15. The van der Waals surface area contributed by atoms with Crippen LogP contribution in [0.15, 0.2) is 30.6 Å². The van der Waals surface area contributed by atoms with Crippen molar-refractivity contribution in [2.75, 3.05) is 12.0 Å². The van der Waals surface area contributed by atoms with Gasteiger partial charge < -0.3 is 4.57 Å². The summed E-state index contributed by atoms with van der Waals surface area (Å²) in [5.74, 6) is 0.941. The highest BCUT2D eigenvalue weighted by molar-refractivity contribution is 7.90. The predicted molar refractivity (Wildman–Crippen MR) is 91.1 cm³/mol. The van der Waals surface area contributed by atoms with Crippen molar-refractivity contribution in [3.05, 3.63) is 36.2 Å². The number of nitrogens with zero attached hydrogens (tertiary/aromatic N) is 4. The Morgan fingerprint density at radius 1 is 1.26 bits per heavy atom. The molecule has 0 aliphatic heterocycles. The minimum absolute atomic E-state index is 0.0809. The Bertz CT molecular complexity index is 954. The smallest absolute Gasteiger partial charge is 0.149 e. The van der Waals surface area contributed by atoms with Crippen LogP contribution in [0.3, 0.4) is 0 Å². The van der Waals surface area contributed by atoms with Gasteiger partial charge in [-0.1, -0.05) is 6.07 Å². The second-order valence-corrected chi connectivity index (χ2v) is 8.05. The van der Waals surface area contributed by atoms with E-state index in [0.717, 1.165) is 29.0 Å². The van der Waals surface area contributed by atoms with Crippen molar-refractivity contribution in [2.24, 2.45) is 0 Å². The Labute approximate surface area is 135 Å². The molecule has 6 nitrogen and oxygen atoms in total. The minimum Gasteiger partial charge on any atom is -0.324 e. The molecule has 3 aromatic rings. The van der Waals surface area contributed by atoms with E-state index in [9.17, 15) is 8.42 Å². The standard InChI is InChI=1S/C16H20N4O2S/c1-4-20-15-9-12(2)5-6-14(15)18-16(20)13-10-17-19(11-13)7-8-23(3,21)22/h5-6,9-11H,4,7-8H2,1-3H3. The molecule has 122 valence electrons. The van der Waals surface area contributed by atoms with Crippen molar-refractivity contribution < 1.29 is 8.42 Å². The number of rotatable bonds is 5. The first-order valence-electron chi connectivity index (χ1n) is 7.55. The Morgan fingerprint density at radius 2 is 2.04 bits per heavy atom. The molecule has 2 heterocycles. The van der Waals surface area contributed by atoms with Crippen LogP contribution in [0.5, 0.6) is 0 Å². The molecule has 0 N–H and O–H groups in total. The molecular formula is C16H20N4O2S. The molecule has 0 fully saturated rings. The van der Waals surface area contributed by atoms with E-state index in [1.807, 2.05) is 12.3 Å². The second kappa shape index (κ2) is 5.81. The topological polar surface area (TPSA) is 69.8 Å². The van der Waals surface area contributed by atoms with Gasteiger partial charge in [-0.3, -0.25) is 4.68 Å². The van der Waals surface area contributed by atoms with Gasteiger partial charge in [-0.05, 0) is 31.5 Å². The van der Waals surface area contributed by atoms with Gasteiger partial charge in [0.05, 0.1) is 35.1 Å². The van der Waals surface area contributed by atoms with E-state index in [2.05, 4.69) is 35.6 Å². The maximum Gasteiger partial charge on any atom is 0.149 e. The Balaban J connectivity index is 1.99. The fraction of sp³-hybridized carbons (Fsp3) is 0.375. The zero-order valence-electron chi connectivity index (χ0n) is 13.5. The second-order valence-electron chi connectivity index (χ2n) is 5.79. The molecule has 23 heavy (non-hydrogen) atoms. The number of aryl methyl sites for hydroxylation is 3. The molecule has 0 aliphatic carbocycles. The van der Waals surface area contributed by atoms with Crippen LogP contribution in [-0.2, 0) is 22.9 Å². The van der Waals surface area contributed by atoms with Crippen LogP contribution in [0.1, 0.15) is 12.5 Å². The summed E-state index contributed by atoms with van der Waals surface area (Å²) in [6, 6.07) is 6.20. The lowest BCUT2D eigenvalue weighted by molar-refractivity contribution is 0.586. The zero-order chi connectivity index (χ0) is 16.6. The van der Waals surface area contributed by atoms with Crippen LogP contribution in [0.4, 0.5) is 0 Å². The van der Waals surface area contributed by atoms with Gasteiger partial charge in [0.25, 0.3) is 0 Å². The largest absolute Gasteiger partial charge is 0.324 e.